The Morgan fingerprint density at radius 1 is 1.18 bits per heavy atom. The van der Waals surface area contributed by atoms with Gasteiger partial charge < -0.3 is 14.1 Å². The summed E-state index contributed by atoms with van der Waals surface area (Å²) in [6, 6.07) is 11.4. The van der Waals surface area contributed by atoms with E-state index in [4.69, 9.17) is 14.1 Å². The highest BCUT2D eigenvalue weighted by Gasteiger charge is 2.24. The van der Waals surface area contributed by atoms with Crippen LogP contribution in [-0.2, 0) is 6.54 Å². The van der Waals surface area contributed by atoms with Crippen LogP contribution in [0.2, 0.25) is 0 Å². The van der Waals surface area contributed by atoms with Crippen LogP contribution in [0.25, 0.3) is 11.3 Å². The number of furan rings is 1. The Morgan fingerprint density at radius 3 is 2.57 bits per heavy atom. The van der Waals surface area contributed by atoms with Gasteiger partial charge in [0.1, 0.15) is 10.8 Å². The van der Waals surface area contributed by atoms with Crippen LogP contribution in [0, 0.1) is 0 Å². The summed E-state index contributed by atoms with van der Waals surface area (Å²) in [5.41, 5.74) is 2.07. The van der Waals surface area contributed by atoms with Gasteiger partial charge in [0.25, 0.3) is 5.91 Å². The van der Waals surface area contributed by atoms with E-state index in [0.717, 1.165) is 41.6 Å². The molecule has 0 bridgehead atoms. The molecule has 1 aliphatic rings. The minimum absolute atomic E-state index is 0.0543. The summed E-state index contributed by atoms with van der Waals surface area (Å²) < 4.78 is 11.2. The predicted molar refractivity (Wildman–Crippen MR) is 112 cm³/mol. The first kappa shape index (κ1) is 19.2. The number of methoxy groups -OCH3 is 1. The number of amides is 1. The molecule has 146 valence electrons. The van der Waals surface area contributed by atoms with Crippen LogP contribution >= 0.6 is 27.3 Å². The molecule has 1 aliphatic heterocycles. The molecule has 0 atom stereocenters. The summed E-state index contributed by atoms with van der Waals surface area (Å²) in [6.45, 7) is 3.83. The summed E-state index contributed by atoms with van der Waals surface area (Å²) in [5.74, 6) is 1.17. The number of nitrogens with zero attached hydrogens (tertiary/aromatic N) is 3. The number of rotatable bonds is 5. The number of piperazine rings is 1. The Hall–Kier alpha value is -2.16. The highest BCUT2D eigenvalue weighted by atomic mass is 79.9. The molecule has 0 spiro atoms. The van der Waals surface area contributed by atoms with Crippen molar-refractivity contribution in [3.8, 4) is 17.0 Å². The van der Waals surface area contributed by atoms with Gasteiger partial charge in [0.05, 0.1) is 19.3 Å². The van der Waals surface area contributed by atoms with Crippen LogP contribution < -0.4 is 4.74 Å². The van der Waals surface area contributed by atoms with Gasteiger partial charge in [-0.25, -0.2) is 4.98 Å². The number of benzene rings is 1. The molecule has 2 aromatic heterocycles. The highest BCUT2D eigenvalue weighted by molar-refractivity contribution is 9.10. The lowest BCUT2D eigenvalue weighted by atomic mass is 10.2. The quantitative estimate of drug-likeness (QED) is 0.571. The first-order valence-corrected chi connectivity index (χ1v) is 10.7. The van der Waals surface area contributed by atoms with Crippen molar-refractivity contribution in [3.63, 3.8) is 0 Å². The van der Waals surface area contributed by atoms with Gasteiger partial charge in [0.2, 0.25) is 0 Å². The first-order valence-electron chi connectivity index (χ1n) is 8.98. The number of carbonyl (C=O) groups excluding carboxylic acids is 1. The Bertz CT molecular complexity index is 946. The topological polar surface area (TPSA) is 58.8 Å². The maximum Gasteiger partial charge on any atom is 0.289 e. The summed E-state index contributed by atoms with van der Waals surface area (Å²) in [6.07, 6.45) is 0. The maximum absolute atomic E-state index is 12.5. The van der Waals surface area contributed by atoms with E-state index in [1.807, 2.05) is 29.2 Å². The zero-order valence-corrected chi connectivity index (χ0v) is 17.8. The minimum Gasteiger partial charge on any atom is -0.497 e. The van der Waals surface area contributed by atoms with E-state index in [9.17, 15) is 4.79 Å². The molecular weight excluding hydrogens is 442 g/mol. The molecule has 0 saturated carbocycles. The Morgan fingerprint density at radius 2 is 1.93 bits per heavy atom. The molecule has 1 fully saturated rings. The molecule has 0 radical (unpaired) electrons. The van der Waals surface area contributed by atoms with Gasteiger partial charge in [0.15, 0.2) is 10.4 Å². The standard InChI is InChI=1S/C20H20BrN3O3S/c1-26-15-4-2-14(3-5-15)16-13-28-19(22-16)12-23-8-10-24(11-9-23)20(25)17-6-7-18(21)27-17/h2-7,13H,8-12H2,1H3. The van der Waals surface area contributed by atoms with E-state index in [1.165, 1.54) is 0 Å². The zero-order valence-electron chi connectivity index (χ0n) is 15.4. The average molecular weight is 462 g/mol. The number of aromatic nitrogens is 1. The van der Waals surface area contributed by atoms with Gasteiger partial charge >= 0.3 is 0 Å². The number of carbonyl (C=O) groups is 1. The molecule has 6 nitrogen and oxygen atoms in total. The van der Waals surface area contributed by atoms with E-state index in [0.29, 0.717) is 23.5 Å². The van der Waals surface area contributed by atoms with Crippen LogP contribution in [0.3, 0.4) is 0 Å². The third-order valence-electron chi connectivity index (χ3n) is 4.74. The largest absolute Gasteiger partial charge is 0.497 e. The summed E-state index contributed by atoms with van der Waals surface area (Å²) in [5, 5.41) is 3.17. The molecule has 0 aliphatic carbocycles. The molecule has 0 N–H and O–H groups in total. The van der Waals surface area contributed by atoms with Crippen LogP contribution in [0.5, 0.6) is 5.75 Å². The zero-order chi connectivity index (χ0) is 19.5. The van der Waals surface area contributed by atoms with Crippen molar-refractivity contribution in [2.75, 3.05) is 33.3 Å². The highest BCUT2D eigenvalue weighted by Crippen LogP contribution is 2.25. The van der Waals surface area contributed by atoms with Gasteiger partial charge in [-0.2, -0.15) is 0 Å². The number of ether oxygens (including phenoxy) is 1. The third-order valence-corrected chi connectivity index (χ3v) is 6.00. The molecule has 1 amide bonds. The van der Waals surface area contributed by atoms with Gasteiger partial charge in [-0.1, -0.05) is 0 Å². The molecule has 1 saturated heterocycles. The normalized spacial score (nSPS) is 15.0. The second-order valence-corrected chi connectivity index (χ2v) is 8.25. The SMILES string of the molecule is COc1ccc(-c2csc(CN3CCN(C(=O)c4ccc(Br)o4)CC3)n2)cc1. The lowest BCUT2D eigenvalue weighted by Crippen LogP contribution is -2.48. The molecule has 3 aromatic rings. The Labute approximate surface area is 175 Å². The second-order valence-electron chi connectivity index (χ2n) is 6.53. The molecule has 4 rings (SSSR count). The van der Waals surface area contributed by atoms with Crippen molar-refractivity contribution in [3.05, 3.63) is 57.2 Å². The van der Waals surface area contributed by atoms with Crippen molar-refractivity contribution in [2.24, 2.45) is 0 Å². The summed E-state index contributed by atoms with van der Waals surface area (Å²) in [4.78, 5) is 21.4. The van der Waals surface area contributed by atoms with Crippen LogP contribution in [0.4, 0.5) is 0 Å². The molecule has 28 heavy (non-hydrogen) atoms. The summed E-state index contributed by atoms with van der Waals surface area (Å²) in [7, 11) is 1.66. The van der Waals surface area contributed by atoms with Crippen molar-refractivity contribution in [1.82, 2.24) is 14.8 Å². The van der Waals surface area contributed by atoms with E-state index in [-0.39, 0.29) is 5.91 Å². The first-order chi connectivity index (χ1) is 13.6. The van der Waals surface area contributed by atoms with E-state index < -0.39 is 0 Å². The maximum atomic E-state index is 12.5. The fourth-order valence-electron chi connectivity index (χ4n) is 3.16. The smallest absolute Gasteiger partial charge is 0.289 e. The summed E-state index contributed by atoms with van der Waals surface area (Å²) >= 11 is 4.91. The Balaban J connectivity index is 1.32. The van der Waals surface area contributed by atoms with Crippen molar-refractivity contribution >= 4 is 33.2 Å². The Kier molecular flexibility index (Phi) is 5.79. The fourth-order valence-corrected chi connectivity index (χ4v) is 4.31. The fraction of sp³-hybridized carbons (Fsp3) is 0.300. The van der Waals surface area contributed by atoms with Crippen LogP contribution in [0.1, 0.15) is 15.6 Å². The molecule has 3 heterocycles. The van der Waals surface area contributed by atoms with E-state index in [1.54, 1.807) is 30.6 Å². The van der Waals surface area contributed by atoms with Crippen molar-refractivity contribution in [1.29, 1.82) is 0 Å². The van der Waals surface area contributed by atoms with Gasteiger partial charge in [-0.3, -0.25) is 9.69 Å². The van der Waals surface area contributed by atoms with Crippen LogP contribution in [-0.4, -0.2) is 54.0 Å². The third kappa shape index (κ3) is 4.29. The van der Waals surface area contributed by atoms with E-state index in [2.05, 4.69) is 26.2 Å². The lowest BCUT2D eigenvalue weighted by molar-refractivity contribution is 0.0596. The minimum atomic E-state index is -0.0543. The number of hydrogen-bond donors (Lipinski definition) is 0. The van der Waals surface area contributed by atoms with Crippen molar-refractivity contribution in [2.45, 2.75) is 6.54 Å². The molecule has 8 heteroatoms. The lowest BCUT2D eigenvalue weighted by Gasteiger charge is -2.33. The van der Waals surface area contributed by atoms with Crippen LogP contribution in [0.15, 0.2) is 50.9 Å². The predicted octanol–water partition coefficient (Wildman–Crippen LogP) is 4.13. The van der Waals surface area contributed by atoms with E-state index >= 15 is 0 Å². The number of hydrogen-bond acceptors (Lipinski definition) is 6. The van der Waals surface area contributed by atoms with Gasteiger partial charge in [0, 0.05) is 37.1 Å². The monoisotopic (exact) mass is 461 g/mol. The van der Waals surface area contributed by atoms with Gasteiger partial charge in [-0.15, -0.1) is 11.3 Å². The second kappa shape index (κ2) is 8.46. The molecule has 1 aromatic carbocycles. The molecular formula is C20H20BrN3O3S. The van der Waals surface area contributed by atoms with Gasteiger partial charge in [-0.05, 0) is 52.3 Å². The number of halogens is 1. The average Bonchev–Trinajstić information content (AvgIpc) is 3.37. The van der Waals surface area contributed by atoms with Crippen molar-refractivity contribution < 1.29 is 13.9 Å². The number of thiazole rings is 1. The molecule has 0 unspecified atom stereocenters.